The van der Waals surface area contributed by atoms with Gasteiger partial charge in [-0.15, -0.1) is 0 Å². The summed E-state index contributed by atoms with van der Waals surface area (Å²) in [5.74, 6) is -3.53. The maximum Gasteiger partial charge on any atom is 0.291 e. The number of carbonyl (C=O) groups is 5. The number of nitrogens with one attached hydrogen (secondary N) is 3. The lowest BCUT2D eigenvalue weighted by Crippen LogP contribution is -2.59. The fourth-order valence-corrected chi connectivity index (χ4v) is 5.61. The lowest BCUT2D eigenvalue weighted by molar-refractivity contribution is -0.150. The highest BCUT2D eigenvalue weighted by atomic mass is 35.5. The zero-order valence-corrected chi connectivity index (χ0v) is 21.1. The molecule has 1 saturated carbocycles. The first-order valence-corrected chi connectivity index (χ1v) is 12.7. The largest absolute Gasteiger partial charge is 0.356 e. The SMILES string of the molecule is CCC(C)C(NC(C)=O)C(=O)N1C[C@@H]2CCC[C@@H]2[C@H]1C(=O)NN(C[C@@H]1CCNC1=O)C(=O)C(F)Cl. The Bertz CT molecular complexity index is 858. The Labute approximate surface area is 209 Å². The number of hydrogen-bond acceptors (Lipinski definition) is 5. The van der Waals surface area contributed by atoms with E-state index in [1.165, 1.54) is 11.8 Å². The van der Waals surface area contributed by atoms with Crippen LogP contribution in [0.15, 0.2) is 0 Å². The average molecular weight is 516 g/mol. The van der Waals surface area contributed by atoms with Gasteiger partial charge in [-0.1, -0.05) is 38.3 Å². The summed E-state index contributed by atoms with van der Waals surface area (Å²) in [4.78, 5) is 64.9. The predicted octanol–water partition coefficient (Wildman–Crippen LogP) is 0.695. The van der Waals surface area contributed by atoms with Crippen LogP contribution in [-0.4, -0.2) is 76.8 Å². The van der Waals surface area contributed by atoms with Crippen molar-refractivity contribution < 1.29 is 28.4 Å². The number of alkyl halides is 2. The molecule has 5 amide bonds. The second-order valence-electron chi connectivity index (χ2n) is 9.86. The highest BCUT2D eigenvalue weighted by Gasteiger charge is 2.51. The Hall–Kier alpha value is -2.43. The van der Waals surface area contributed by atoms with Crippen molar-refractivity contribution in [1.82, 2.24) is 26.0 Å². The van der Waals surface area contributed by atoms with E-state index in [1.807, 2.05) is 13.8 Å². The molecule has 1 aliphatic carbocycles. The van der Waals surface area contributed by atoms with Crippen LogP contribution in [0.2, 0.25) is 0 Å². The molecule has 2 aliphatic heterocycles. The lowest BCUT2D eigenvalue weighted by Gasteiger charge is -2.34. The number of hydrogen-bond donors (Lipinski definition) is 3. The third kappa shape index (κ3) is 6.05. The molecule has 3 unspecified atom stereocenters. The molecule has 0 radical (unpaired) electrons. The quantitative estimate of drug-likeness (QED) is 0.324. The van der Waals surface area contributed by atoms with Gasteiger partial charge in [0.1, 0.15) is 12.1 Å². The van der Waals surface area contributed by atoms with Gasteiger partial charge in [0.2, 0.25) is 17.7 Å². The summed E-state index contributed by atoms with van der Waals surface area (Å²) in [6.07, 6.45) is 3.60. The monoisotopic (exact) mass is 515 g/mol. The molecule has 12 heteroatoms. The van der Waals surface area contributed by atoms with Gasteiger partial charge in [0, 0.05) is 20.0 Å². The average Bonchev–Trinajstić information content (AvgIpc) is 3.51. The molecule has 0 bridgehead atoms. The van der Waals surface area contributed by atoms with Crippen molar-refractivity contribution in [3.8, 4) is 0 Å². The summed E-state index contributed by atoms with van der Waals surface area (Å²) < 4.78 is 13.7. The first-order valence-electron chi connectivity index (χ1n) is 12.3. The van der Waals surface area contributed by atoms with E-state index >= 15 is 0 Å². The molecule has 0 aromatic carbocycles. The van der Waals surface area contributed by atoms with Crippen molar-refractivity contribution in [2.24, 2.45) is 23.7 Å². The fraction of sp³-hybridized carbons (Fsp3) is 0.783. The number of halogens is 2. The smallest absolute Gasteiger partial charge is 0.291 e. The molecule has 0 aromatic rings. The Morgan fingerprint density at radius 1 is 1.26 bits per heavy atom. The van der Waals surface area contributed by atoms with E-state index in [1.54, 1.807) is 0 Å². The van der Waals surface area contributed by atoms with E-state index in [2.05, 4.69) is 16.1 Å². The summed E-state index contributed by atoms with van der Waals surface area (Å²) >= 11 is 5.38. The minimum absolute atomic E-state index is 0.113. The Kier molecular flexibility index (Phi) is 8.95. The van der Waals surface area contributed by atoms with E-state index in [9.17, 15) is 28.4 Å². The van der Waals surface area contributed by atoms with Gasteiger partial charge in [-0.2, -0.15) is 0 Å². The minimum Gasteiger partial charge on any atom is -0.356 e. The fourth-order valence-electron chi connectivity index (χ4n) is 5.50. The summed E-state index contributed by atoms with van der Waals surface area (Å²) in [5, 5.41) is 6.13. The molecule has 3 aliphatic rings. The summed E-state index contributed by atoms with van der Waals surface area (Å²) in [7, 11) is 0. The molecule has 35 heavy (non-hydrogen) atoms. The molecule has 0 aromatic heterocycles. The van der Waals surface area contributed by atoms with E-state index < -0.39 is 35.4 Å². The predicted molar refractivity (Wildman–Crippen MR) is 125 cm³/mol. The molecule has 3 rings (SSSR count). The van der Waals surface area contributed by atoms with Gasteiger partial charge in [0.25, 0.3) is 17.4 Å². The third-order valence-electron chi connectivity index (χ3n) is 7.54. The van der Waals surface area contributed by atoms with Crippen molar-refractivity contribution in [3.05, 3.63) is 0 Å². The maximum absolute atomic E-state index is 13.7. The van der Waals surface area contributed by atoms with Crippen LogP contribution in [0.3, 0.4) is 0 Å². The number of carbonyl (C=O) groups excluding carboxylic acids is 5. The second-order valence-corrected chi connectivity index (χ2v) is 10.2. The van der Waals surface area contributed by atoms with Crippen LogP contribution in [0.4, 0.5) is 4.39 Å². The van der Waals surface area contributed by atoms with E-state index in [0.29, 0.717) is 25.9 Å². The van der Waals surface area contributed by atoms with Crippen LogP contribution < -0.4 is 16.1 Å². The maximum atomic E-state index is 13.7. The Morgan fingerprint density at radius 2 is 1.97 bits per heavy atom. The third-order valence-corrected chi connectivity index (χ3v) is 7.73. The van der Waals surface area contributed by atoms with Gasteiger partial charge in [-0.05, 0) is 37.0 Å². The van der Waals surface area contributed by atoms with Gasteiger partial charge >= 0.3 is 0 Å². The van der Waals surface area contributed by atoms with Crippen molar-refractivity contribution >= 4 is 41.1 Å². The first-order chi connectivity index (χ1) is 16.5. The van der Waals surface area contributed by atoms with Gasteiger partial charge in [-0.25, -0.2) is 9.40 Å². The first kappa shape index (κ1) is 27.2. The topological polar surface area (TPSA) is 128 Å². The molecule has 196 valence electrons. The number of hydrazine groups is 1. The molecule has 7 atom stereocenters. The van der Waals surface area contributed by atoms with Crippen LogP contribution in [0.25, 0.3) is 0 Å². The minimum atomic E-state index is -2.39. The molecule has 3 N–H and O–H groups in total. The second kappa shape index (κ2) is 11.5. The molecular weight excluding hydrogens is 481 g/mol. The van der Waals surface area contributed by atoms with Gasteiger partial charge in [-0.3, -0.25) is 29.4 Å². The number of likely N-dealkylation sites (tertiary alicyclic amines) is 1. The summed E-state index contributed by atoms with van der Waals surface area (Å²) in [5.41, 5.74) is 0.0735. The summed E-state index contributed by atoms with van der Waals surface area (Å²) in [6.45, 7) is 5.69. The highest BCUT2D eigenvalue weighted by molar-refractivity contribution is 6.29. The van der Waals surface area contributed by atoms with E-state index in [-0.39, 0.29) is 42.0 Å². The molecule has 2 saturated heterocycles. The number of rotatable bonds is 8. The highest BCUT2D eigenvalue weighted by Crippen LogP contribution is 2.42. The zero-order chi connectivity index (χ0) is 25.9. The van der Waals surface area contributed by atoms with E-state index in [0.717, 1.165) is 24.3 Å². The van der Waals surface area contributed by atoms with Crippen LogP contribution in [-0.2, 0) is 24.0 Å². The van der Waals surface area contributed by atoms with Crippen molar-refractivity contribution in [2.45, 2.75) is 70.6 Å². The van der Waals surface area contributed by atoms with Crippen LogP contribution in [0.1, 0.15) is 52.9 Å². The molecular formula is C23H35ClFN5O5. The van der Waals surface area contributed by atoms with Crippen LogP contribution in [0, 0.1) is 23.7 Å². The number of amides is 5. The normalized spacial score (nSPS) is 28.0. The Balaban J connectivity index is 1.84. The molecule has 0 spiro atoms. The summed E-state index contributed by atoms with van der Waals surface area (Å²) in [6, 6.07) is -1.67. The van der Waals surface area contributed by atoms with Gasteiger partial charge < -0.3 is 15.5 Å². The van der Waals surface area contributed by atoms with Gasteiger partial charge in [0.05, 0.1) is 12.5 Å². The van der Waals surface area contributed by atoms with Crippen molar-refractivity contribution in [3.63, 3.8) is 0 Å². The Morgan fingerprint density at radius 3 is 2.54 bits per heavy atom. The van der Waals surface area contributed by atoms with Crippen molar-refractivity contribution in [1.29, 1.82) is 0 Å². The van der Waals surface area contributed by atoms with E-state index in [4.69, 9.17) is 11.6 Å². The number of nitrogens with zero attached hydrogens (tertiary/aromatic N) is 2. The standard InChI is InChI=1S/C23H35ClFN5O5/c1-4-12(2)17(27-13(3)31)22(34)29-10-14-6-5-7-16(14)18(29)21(33)28-30(23(35)19(24)25)11-15-8-9-26-20(15)32/h12,14-19H,4-11H2,1-3H3,(H,26,32)(H,27,31)(H,28,33)/t12?,14-,15-,16-,17?,18-,19?/m0/s1. The van der Waals surface area contributed by atoms with Gasteiger partial charge in [0.15, 0.2) is 0 Å². The molecule has 10 nitrogen and oxygen atoms in total. The molecule has 3 fully saturated rings. The van der Waals surface area contributed by atoms with Crippen LogP contribution >= 0.6 is 11.6 Å². The zero-order valence-electron chi connectivity index (χ0n) is 20.4. The number of fused-ring (bicyclic) bond motifs is 1. The van der Waals surface area contributed by atoms with Crippen LogP contribution in [0.5, 0.6) is 0 Å². The lowest BCUT2D eigenvalue weighted by atomic mass is 9.93. The van der Waals surface area contributed by atoms with Crippen molar-refractivity contribution in [2.75, 3.05) is 19.6 Å². The molecule has 2 heterocycles.